The van der Waals surface area contributed by atoms with Crippen LogP contribution >= 0.6 is 0 Å². The van der Waals surface area contributed by atoms with Gasteiger partial charge in [0.05, 0.1) is 24.6 Å². The van der Waals surface area contributed by atoms with E-state index in [-0.39, 0.29) is 18.5 Å². The molecule has 0 spiro atoms. The van der Waals surface area contributed by atoms with Crippen LogP contribution in [0.25, 0.3) is 0 Å². The number of benzene rings is 1. The van der Waals surface area contributed by atoms with E-state index in [4.69, 9.17) is 4.52 Å². The molecule has 0 saturated carbocycles. The zero-order valence-corrected chi connectivity index (χ0v) is 13.3. The Morgan fingerprint density at radius 3 is 2.64 bits per heavy atom. The van der Waals surface area contributed by atoms with Gasteiger partial charge in [0.15, 0.2) is 0 Å². The van der Waals surface area contributed by atoms with Crippen molar-refractivity contribution in [1.29, 1.82) is 0 Å². The third kappa shape index (κ3) is 3.01. The smallest absolute Gasteiger partial charge is 0.332 e. The minimum Gasteiger partial charge on any atom is -0.364 e. The molecule has 0 radical (unpaired) electrons. The highest BCUT2D eigenvalue weighted by Gasteiger charge is 2.37. The third-order valence-electron chi connectivity index (χ3n) is 3.96. The summed E-state index contributed by atoms with van der Waals surface area (Å²) in [5, 5.41) is 7.83. The summed E-state index contributed by atoms with van der Waals surface area (Å²) in [4.78, 5) is 27.6. The van der Waals surface area contributed by atoms with Crippen molar-refractivity contribution < 1.29 is 14.1 Å². The fraction of sp³-hybridized carbons (Fsp3) is 0.176. The van der Waals surface area contributed by atoms with E-state index in [1.165, 1.54) is 22.3 Å². The summed E-state index contributed by atoms with van der Waals surface area (Å²) in [5.74, 6) is -0.259. The molecule has 126 valence electrons. The predicted molar refractivity (Wildman–Crippen MR) is 87.6 cm³/mol. The molecule has 3 aromatic rings. The summed E-state index contributed by atoms with van der Waals surface area (Å²) in [6.45, 7) is 0.911. The quantitative estimate of drug-likeness (QED) is 0.664. The van der Waals surface area contributed by atoms with Gasteiger partial charge in [-0.3, -0.25) is 9.48 Å². The zero-order chi connectivity index (χ0) is 17.2. The Kier molecular flexibility index (Phi) is 3.77. The van der Waals surface area contributed by atoms with E-state index in [0.29, 0.717) is 18.8 Å². The van der Waals surface area contributed by atoms with Gasteiger partial charge in [0.2, 0.25) is 0 Å². The van der Waals surface area contributed by atoms with Gasteiger partial charge in [0.25, 0.3) is 5.91 Å². The maximum atomic E-state index is 12.6. The standard InChI is InChI=1S/C17H15N5O3/c23-16-11-20(8-13-4-2-1-3-5-13)17(24)22(16)15-7-18-21(10-15)9-14-6-19-25-12-14/h1-7,10,12H,8-9,11H2. The second kappa shape index (κ2) is 6.23. The molecule has 25 heavy (non-hydrogen) atoms. The Morgan fingerprint density at radius 2 is 1.88 bits per heavy atom. The van der Waals surface area contributed by atoms with Crippen LogP contribution in [0.2, 0.25) is 0 Å². The molecule has 1 aromatic carbocycles. The maximum Gasteiger partial charge on any atom is 0.332 e. The lowest BCUT2D eigenvalue weighted by atomic mass is 10.2. The highest BCUT2D eigenvalue weighted by Crippen LogP contribution is 2.22. The van der Waals surface area contributed by atoms with E-state index in [1.807, 2.05) is 30.3 Å². The molecule has 1 saturated heterocycles. The van der Waals surface area contributed by atoms with Crippen LogP contribution in [-0.4, -0.2) is 38.3 Å². The summed E-state index contributed by atoms with van der Waals surface area (Å²) >= 11 is 0. The number of urea groups is 1. The van der Waals surface area contributed by atoms with Crippen LogP contribution in [0.4, 0.5) is 10.5 Å². The van der Waals surface area contributed by atoms with Crippen molar-refractivity contribution in [3.8, 4) is 0 Å². The Bertz CT molecular complexity index is 888. The summed E-state index contributed by atoms with van der Waals surface area (Å²) in [5.41, 5.74) is 2.29. The van der Waals surface area contributed by atoms with Gasteiger partial charge >= 0.3 is 6.03 Å². The van der Waals surface area contributed by atoms with E-state index in [1.54, 1.807) is 17.1 Å². The SMILES string of the molecule is O=C1CN(Cc2ccccc2)C(=O)N1c1cnn(Cc2cnoc2)c1. The van der Waals surface area contributed by atoms with Gasteiger partial charge in [-0.1, -0.05) is 35.5 Å². The molecule has 8 heteroatoms. The highest BCUT2D eigenvalue weighted by molar-refractivity contribution is 6.19. The van der Waals surface area contributed by atoms with Gasteiger partial charge in [0, 0.05) is 18.3 Å². The van der Waals surface area contributed by atoms with Gasteiger partial charge in [0.1, 0.15) is 12.8 Å². The first kappa shape index (κ1) is 15.1. The summed E-state index contributed by atoms with van der Waals surface area (Å²) in [6, 6.07) is 9.25. The van der Waals surface area contributed by atoms with E-state index in [2.05, 4.69) is 10.3 Å². The minimum atomic E-state index is -0.335. The molecule has 3 amide bonds. The summed E-state index contributed by atoms with van der Waals surface area (Å²) in [7, 11) is 0. The number of carbonyl (C=O) groups is 2. The van der Waals surface area contributed by atoms with Crippen molar-refractivity contribution in [3.05, 3.63) is 66.3 Å². The number of imide groups is 1. The Labute approximate surface area is 143 Å². The van der Waals surface area contributed by atoms with Gasteiger partial charge < -0.3 is 9.42 Å². The monoisotopic (exact) mass is 337 g/mol. The first-order chi connectivity index (χ1) is 12.2. The van der Waals surface area contributed by atoms with Crippen LogP contribution in [0.15, 0.2) is 59.7 Å². The average molecular weight is 337 g/mol. The summed E-state index contributed by atoms with van der Waals surface area (Å²) < 4.78 is 6.41. The van der Waals surface area contributed by atoms with Crippen molar-refractivity contribution >= 4 is 17.6 Å². The molecule has 3 heterocycles. The molecule has 1 fully saturated rings. The predicted octanol–water partition coefficient (Wildman–Crippen LogP) is 1.89. The van der Waals surface area contributed by atoms with E-state index < -0.39 is 0 Å². The van der Waals surface area contributed by atoms with Gasteiger partial charge in [-0.2, -0.15) is 5.10 Å². The number of aromatic nitrogens is 3. The Morgan fingerprint density at radius 1 is 1.04 bits per heavy atom. The number of carbonyl (C=O) groups excluding carboxylic acids is 2. The number of amides is 3. The molecule has 8 nitrogen and oxygen atoms in total. The van der Waals surface area contributed by atoms with Gasteiger partial charge in [-0.15, -0.1) is 0 Å². The second-order valence-electron chi connectivity index (χ2n) is 5.78. The van der Waals surface area contributed by atoms with Gasteiger partial charge in [-0.25, -0.2) is 9.69 Å². The average Bonchev–Trinajstić information content (AvgIpc) is 3.32. The molecule has 1 aliphatic rings. The number of hydrogen-bond donors (Lipinski definition) is 0. The number of hydrogen-bond acceptors (Lipinski definition) is 5. The fourth-order valence-corrected chi connectivity index (χ4v) is 2.78. The van der Waals surface area contributed by atoms with Gasteiger partial charge in [-0.05, 0) is 5.56 Å². The van der Waals surface area contributed by atoms with E-state index in [0.717, 1.165) is 11.1 Å². The van der Waals surface area contributed by atoms with Crippen LogP contribution in [0.3, 0.4) is 0 Å². The normalized spacial score (nSPS) is 14.6. The molecular formula is C17H15N5O3. The lowest BCUT2D eigenvalue weighted by Gasteiger charge is -2.15. The number of rotatable bonds is 5. The molecule has 0 bridgehead atoms. The third-order valence-corrected chi connectivity index (χ3v) is 3.96. The van der Waals surface area contributed by atoms with Crippen LogP contribution in [-0.2, 0) is 17.9 Å². The van der Waals surface area contributed by atoms with E-state index >= 15 is 0 Å². The number of nitrogens with zero attached hydrogens (tertiary/aromatic N) is 5. The van der Waals surface area contributed by atoms with Crippen LogP contribution < -0.4 is 4.90 Å². The molecule has 0 N–H and O–H groups in total. The molecule has 0 aliphatic carbocycles. The van der Waals surface area contributed by atoms with Crippen molar-refractivity contribution in [1.82, 2.24) is 19.8 Å². The summed E-state index contributed by atoms with van der Waals surface area (Å²) in [6.07, 6.45) is 6.29. The van der Waals surface area contributed by atoms with Crippen LogP contribution in [0.1, 0.15) is 11.1 Å². The molecule has 0 atom stereocenters. The first-order valence-electron chi connectivity index (χ1n) is 7.77. The molecule has 0 unspecified atom stereocenters. The highest BCUT2D eigenvalue weighted by atomic mass is 16.5. The minimum absolute atomic E-state index is 0.0601. The fourth-order valence-electron chi connectivity index (χ4n) is 2.78. The molecular weight excluding hydrogens is 322 g/mol. The van der Waals surface area contributed by atoms with Crippen molar-refractivity contribution in [2.45, 2.75) is 13.1 Å². The molecule has 2 aromatic heterocycles. The van der Waals surface area contributed by atoms with E-state index in [9.17, 15) is 9.59 Å². The van der Waals surface area contributed by atoms with Crippen molar-refractivity contribution in [2.24, 2.45) is 0 Å². The first-order valence-corrected chi connectivity index (χ1v) is 7.77. The van der Waals surface area contributed by atoms with Crippen molar-refractivity contribution in [3.63, 3.8) is 0 Å². The van der Waals surface area contributed by atoms with Crippen molar-refractivity contribution in [2.75, 3.05) is 11.4 Å². The number of anilines is 1. The Balaban J connectivity index is 1.49. The lowest BCUT2D eigenvalue weighted by Crippen LogP contribution is -2.32. The molecule has 1 aliphatic heterocycles. The maximum absolute atomic E-state index is 12.6. The Hall–Kier alpha value is -3.42. The van der Waals surface area contributed by atoms with Crippen LogP contribution in [0, 0.1) is 0 Å². The largest absolute Gasteiger partial charge is 0.364 e. The second-order valence-corrected chi connectivity index (χ2v) is 5.78. The van der Waals surface area contributed by atoms with Crippen LogP contribution in [0.5, 0.6) is 0 Å². The lowest BCUT2D eigenvalue weighted by molar-refractivity contribution is -0.116. The zero-order valence-electron chi connectivity index (χ0n) is 13.3. The molecule has 4 rings (SSSR count). The topological polar surface area (TPSA) is 84.5 Å².